The summed E-state index contributed by atoms with van der Waals surface area (Å²) in [5.41, 5.74) is 5.23. The number of fused-ring (bicyclic) bond motifs is 2. The van der Waals surface area contributed by atoms with E-state index in [1.807, 2.05) is 30.3 Å². The highest BCUT2D eigenvalue weighted by atomic mass is 16.2. The van der Waals surface area contributed by atoms with E-state index in [2.05, 4.69) is 32.3 Å². The van der Waals surface area contributed by atoms with Gasteiger partial charge in [-0.1, -0.05) is 45.0 Å². The van der Waals surface area contributed by atoms with Gasteiger partial charge in [-0.15, -0.1) is 0 Å². The first-order chi connectivity index (χ1) is 9.90. The van der Waals surface area contributed by atoms with E-state index < -0.39 is 0 Å². The second kappa shape index (κ2) is 4.70. The molecule has 3 heteroatoms. The van der Waals surface area contributed by atoms with Gasteiger partial charge in [0, 0.05) is 12.6 Å². The van der Waals surface area contributed by atoms with Crippen LogP contribution in [0.25, 0.3) is 0 Å². The van der Waals surface area contributed by atoms with Crippen molar-refractivity contribution in [3.8, 4) is 0 Å². The van der Waals surface area contributed by atoms with Gasteiger partial charge >= 0.3 is 0 Å². The molecule has 0 unspecified atom stereocenters. The van der Waals surface area contributed by atoms with Crippen molar-refractivity contribution in [1.82, 2.24) is 5.43 Å². The number of carbonyl (C=O) groups is 1. The molecule has 21 heavy (non-hydrogen) atoms. The second-order valence-electron chi connectivity index (χ2n) is 7.03. The third-order valence-electron chi connectivity index (χ3n) is 5.83. The van der Waals surface area contributed by atoms with E-state index in [1.54, 1.807) is 12.1 Å². The maximum absolute atomic E-state index is 13.0. The van der Waals surface area contributed by atoms with Gasteiger partial charge in [0.05, 0.1) is 5.69 Å². The number of para-hydroxylation sites is 1. The molecule has 1 aromatic rings. The van der Waals surface area contributed by atoms with E-state index in [4.69, 9.17) is 0 Å². The molecule has 0 aromatic heterocycles. The predicted octanol–water partition coefficient (Wildman–Crippen LogP) is 3.54. The minimum absolute atomic E-state index is 0.0881. The summed E-state index contributed by atoms with van der Waals surface area (Å²) in [5.74, 6) is 0.458. The van der Waals surface area contributed by atoms with Crippen molar-refractivity contribution in [3.63, 3.8) is 0 Å². The number of carbonyl (C=O) groups excluding carboxylic acids is 1. The minimum atomic E-state index is 0.0881. The van der Waals surface area contributed by atoms with Crippen LogP contribution in [0.1, 0.15) is 33.6 Å². The largest absolute Gasteiger partial charge is 0.268 e. The lowest BCUT2D eigenvalue weighted by Crippen LogP contribution is -2.43. The Morgan fingerprint density at radius 1 is 1.24 bits per heavy atom. The second-order valence-corrected chi connectivity index (χ2v) is 7.03. The topological polar surface area (TPSA) is 32.3 Å². The van der Waals surface area contributed by atoms with Crippen LogP contribution in [0.15, 0.2) is 42.0 Å². The Hall–Kier alpha value is -1.61. The molecule has 0 spiro atoms. The summed E-state index contributed by atoms with van der Waals surface area (Å²) in [6.45, 7) is 6.89. The molecule has 1 N–H and O–H groups in total. The Kier molecular flexibility index (Phi) is 3.21. The zero-order valence-corrected chi connectivity index (χ0v) is 13.3. The summed E-state index contributed by atoms with van der Waals surface area (Å²) in [5, 5.41) is 1.66. The standard InChI is InChI=1S/C18H24N2O/c1-17(2)15-10-11-18(17,3)12-14(15)16(21)20(19-4)13-8-6-5-7-9-13/h5-9,12,15,19H,10-11H2,1-4H3/t15-,18+/m0/s1. The van der Waals surface area contributed by atoms with Crippen LogP contribution in [-0.4, -0.2) is 13.0 Å². The zero-order valence-electron chi connectivity index (χ0n) is 13.3. The molecule has 1 amide bonds. The number of amides is 1. The van der Waals surface area contributed by atoms with Gasteiger partial charge < -0.3 is 0 Å². The van der Waals surface area contributed by atoms with Gasteiger partial charge in [0.1, 0.15) is 0 Å². The van der Waals surface area contributed by atoms with Gasteiger partial charge in [-0.25, -0.2) is 10.4 Å². The molecule has 2 aliphatic rings. The molecule has 3 nitrogen and oxygen atoms in total. The summed E-state index contributed by atoms with van der Waals surface area (Å²) in [6.07, 6.45) is 4.54. The molecule has 3 rings (SSSR count). The van der Waals surface area contributed by atoms with Crippen LogP contribution in [0, 0.1) is 16.7 Å². The van der Waals surface area contributed by atoms with Crippen LogP contribution in [0.4, 0.5) is 5.69 Å². The molecule has 1 aromatic carbocycles. The normalized spacial score (nSPS) is 29.3. The monoisotopic (exact) mass is 284 g/mol. The smallest absolute Gasteiger partial charge is 0.268 e. The molecular formula is C18H24N2O. The molecule has 2 atom stereocenters. The molecule has 0 radical (unpaired) electrons. The summed E-state index contributed by atoms with van der Waals surface area (Å²) >= 11 is 0. The molecule has 2 bridgehead atoms. The molecule has 1 fully saturated rings. The van der Waals surface area contributed by atoms with Gasteiger partial charge in [0.2, 0.25) is 0 Å². The van der Waals surface area contributed by atoms with Crippen molar-refractivity contribution in [2.24, 2.45) is 16.7 Å². The van der Waals surface area contributed by atoms with Gasteiger partial charge in [-0.2, -0.15) is 0 Å². The van der Waals surface area contributed by atoms with Crippen LogP contribution >= 0.6 is 0 Å². The lowest BCUT2D eigenvalue weighted by Gasteiger charge is -2.34. The van der Waals surface area contributed by atoms with Crippen LogP contribution in [0.5, 0.6) is 0 Å². The van der Waals surface area contributed by atoms with Gasteiger partial charge in [-0.05, 0) is 41.7 Å². The molecule has 0 heterocycles. The van der Waals surface area contributed by atoms with E-state index in [0.29, 0.717) is 5.92 Å². The molecular weight excluding hydrogens is 260 g/mol. The van der Waals surface area contributed by atoms with Crippen LogP contribution < -0.4 is 10.4 Å². The highest BCUT2D eigenvalue weighted by Crippen LogP contribution is 2.64. The minimum Gasteiger partial charge on any atom is -0.268 e. The number of nitrogens with one attached hydrogen (secondary N) is 1. The third-order valence-corrected chi connectivity index (χ3v) is 5.83. The number of allylic oxidation sites excluding steroid dienone is 1. The van der Waals surface area contributed by atoms with E-state index in [9.17, 15) is 4.79 Å². The Balaban J connectivity index is 1.93. The van der Waals surface area contributed by atoms with Crippen molar-refractivity contribution in [2.45, 2.75) is 33.6 Å². The number of benzene rings is 1. The van der Waals surface area contributed by atoms with E-state index >= 15 is 0 Å². The zero-order chi connectivity index (χ0) is 15.3. The van der Waals surface area contributed by atoms with Gasteiger partial charge in [-0.3, -0.25) is 4.79 Å². The Morgan fingerprint density at radius 3 is 2.38 bits per heavy atom. The number of hydrogen-bond acceptors (Lipinski definition) is 2. The van der Waals surface area contributed by atoms with Crippen molar-refractivity contribution < 1.29 is 4.79 Å². The van der Waals surface area contributed by atoms with Crippen molar-refractivity contribution in [3.05, 3.63) is 42.0 Å². The van der Waals surface area contributed by atoms with E-state index in [-0.39, 0.29) is 16.7 Å². The number of hydrogen-bond donors (Lipinski definition) is 1. The van der Waals surface area contributed by atoms with Crippen LogP contribution in [0.3, 0.4) is 0 Å². The highest BCUT2D eigenvalue weighted by Gasteiger charge is 2.57. The van der Waals surface area contributed by atoms with Gasteiger partial charge in [0.15, 0.2) is 0 Å². The summed E-state index contributed by atoms with van der Waals surface area (Å²) < 4.78 is 0. The van der Waals surface area contributed by atoms with E-state index in [1.165, 1.54) is 6.42 Å². The number of hydrazine groups is 1. The Morgan fingerprint density at radius 2 is 1.90 bits per heavy atom. The summed E-state index contributed by atoms with van der Waals surface area (Å²) in [6, 6.07) is 9.77. The summed E-state index contributed by atoms with van der Waals surface area (Å²) in [7, 11) is 1.80. The van der Waals surface area contributed by atoms with Crippen LogP contribution in [-0.2, 0) is 4.79 Å². The third kappa shape index (κ3) is 1.95. The lowest BCUT2D eigenvalue weighted by molar-refractivity contribution is -0.116. The molecule has 1 saturated carbocycles. The number of nitrogens with zero attached hydrogens (tertiary/aromatic N) is 1. The fraction of sp³-hybridized carbons (Fsp3) is 0.500. The predicted molar refractivity (Wildman–Crippen MR) is 85.7 cm³/mol. The summed E-state index contributed by atoms with van der Waals surface area (Å²) in [4.78, 5) is 13.0. The number of rotatable bonds is 3. The molecule has 0 aliphatic heterocycles. The fourth-order valence-corrected chi connectivity index (χ4v) is 4.04. The first-order valence-corrected chi connectivity index (χ1v) is 7.70. The average Bonchev–Trinajstić information content (AvgIpc) is 2.81. The Labute approximate surface area is 127 Å². The first-order valence-electron chi connectivity index (χ1n) is 7.70. The SMILES string of the molecule is CNN(C(=O)C1=C[C@@]2(C)CC[C@@H]1C2(C)C)c1ccccc1. The van der Waals surface area contributed by atoms with Crippen molar-refractivity contribution in [2.75, 3.05) is 12.1 Å². The quantitative estimate of drug-likeness (QED) is 0.861. The highest BCUT2D eigenvalue weighted by molar-refractivity contribution is 6.06. The maximum Gasteiger partial charge on any atom is 0.268 e. The first kappa shape index (κ1) is 14.3. The van der Waals surface area contributed by atoms with Crippen molar-refractivity contribution in [1.29, 1.82) is 0 Å². The average molecular weight is 284 g/mol. The number of anilines is 1. The fourth-order valence-electron chi connectivity index (χ4n) is 4.04. The molecule has 0 saturated heterocycles. The lowest BCUT2D eigenvalue weighted by atomic mass is 9.70. The molecule has 2 aliphatic carbocycles. The van der Waals surface area contributed by atoms with Crippen LogP contribution in [0.2, 0.25) is 0 Å². The molecule has 112 valence electrons. The van der Waals surface area contributed by atoms with Gasteiger partial charge in [0.25, 0.3) is 5.91 Å². The maximum atomic E-state index is 13.0. The Bertz CT molecular complexity index is 590. The van der Waals surface area contributed by atoms with E-state index in [0.717, 1.165) is 17.7 Å². The van der Waals surface area contributed by atoms with Crippen molar-refractivity contribution >= 4 is 11.6 Å².